The van der Waals surface area contributed by atoms with Crippen LogP contribution in [0.15, 0.2) is 78.9 Å². The van der Waals surface area contributed by atoms with Crippen LogP contribution in [-0.4, -0.2) is 18.9 Å². The zero-order chi connectivity index (χ0) is 20.5. The minimum atomic E-state index is -0.578. The molecule has 0 saturated carbocycles. The molecule has 0 unspecified atom stereocenters. The van der Waals surface area contributed by atoms with E-state index in [-0.39, 0.29) is 12.2 Å². The highest BCUT2D eigenvalue weighted by Gasteiger charge is 2.16. The maximum absolute atomic E-state index is 12.3. The SMILES string of the molecule is COC(=O)CC(=O)c1ccc(OCc2ccccc2)c(OCc2ccccc2)c1. The van der Waals surface area contributed by atoms with Crippen molar-refractivity contribution in [3.05, 3.63) is 95.6 Å². The second kappa shape index (κ2) is 10.1. The number of ether oxygens (including phenoxy) is 3. The summed E-state index contributed by atoms with van der Waals surface area (Å²) in [7, 11) is 1.25. The number of hydrogen-bond donors (Lipinski definition) is 0. The fourth-order valence-electron chi connectivity index (χ4n) is 2.69. The summed E-state index contributed by atoms with van der Waals surface area (Å²) in [6, 6.07) is 24.4. The van der Waals surface area contributed by atoms with Gasteiger partial charge in [0.05, 0.1) is 7.11 Å². The molecule has 0 radical (unpaired) electrons. The molecule has 0 N–H and O–H groups in total. The number of benzene rings is 3. The highest BCUT2D eigenvalue weighted by molar-refractivity contribution is 6.06. The summed E-state index contributed by atoms with van der Waals surface area (Å²) < 4.78 is 16.4. The van der Waals surface area contributed by atoms with Crippen LogP contribution in [0.1, 0.15) is 27.9 Å². The fourth-order valence-corrected chi connectivity index (χ4v) is 2.69. The molecule has 0 amide bonds. The van der Waals surface area contributed by atoms with Gasteiger partial charge in [-0.3, -0.25) is 9.59 Å². The van der Waals surface area contributed by atoms with Gasteiger partial charge in [0.2, 0.25) is 0 Å². The number of hydrogen-bond acceptors (Lipinski definition) is 5. The van der Waals surface area contributed by atoms with Gasteiger partial charge in [-0.1, -0.05) is 60.7 Å². The van der Waals surface area contributed by atoms with Crippen LogP contribution in [0.5, 0.6) is 11.5 Å². The van der Waals surface area contributed by atoms with Gasteiger partial charge in [-0.25, -0.2) is 0 Å². The lowest BCUT2D eigenvalue weighted by Gasteiger charge is -2.14. The van der Waals surface area contributed by atoms with Gasteiger partial charge in [-0.05, 0) is 29.3 Å². The zero-order valence-electron chi connectivity index (χ0n) is 16.2. The molecule has 0 fully saturated rings. The number of rotatable bonds is 9. The highest BCUT2D eigenvalue weighted by Crippen LogP contribution is 2.30. The molecule has 0 aliphatic carbocycles. The monoisotopic (exact) mass is 390 g/mol. The lowest BCUT2D eigenvalue weighted by Crippen LogP contribution is -2.10. The van der Waals surface area contributed by atoms with E-state index in [9.17, 15) is 9.59 Å². The molecule has 3 aromatic carbocycles. The second-order valence-electron chi connectivity index (χ2n) is 6.39. The largest absolute Gasteiger partial charge is 0.485 e. The molecule has 0 atom stereocenters. The van der Waals surface area contributed by atoms with Crippen LogP contribution >= 0.6 is 0 Å². The molecule has 0 aromatic heterocycles. The number of carbonyl (C=O) groups is 2. The average Bonchev–Trinajstić information content (AvgIpc) is 2.77. The Hall–Kier alpha value is -3.60. The van der Waals surface area contributed by atoms with Crippen molar-refractivity contribution in [1.29, 1.82) is 0 Å². The number of carbonyl (C=O) groups excluding carboxylic acids is 2. The van der Waals surface area contributed by atoms with Crippen LogP contribution in [-0.2, 0) is 22.7 Å². The molecule has 0 aliphatic heterocycles. The first-order valence-electron chi connectivity index (χ1n) is 9.23. The van der Waals surface area contributed by atoms with Crippen LogP contribution in [0.3, 0.4) is 0 Å². The Morgan fingerprint density at radius 2 is 1.28 bits per heavy atom. The van der Waals surface area contributed by atoms with Gasteiger partial charge in [0.1, 0.15) is 19.6 Å². The lowest BCUT2D eigenvalue weighted by atomic mass is 10.1. The quantitative estimate of drug-likeness (QED) is 0.304. The molecule has 5 nitrogen and oxygen atoms in total. The van der Waals surface area contributed by atoms with E-state index in [1.165, 1.54) is 7.11 Å². The minimum Gasteiger partial charge on any atom is -0.485 e. The minimum absolute atomic E-state index is 0.321. The van der Waals surface area contributed by atoms with E-state index in [0.717, 1.165) is 11.1 Å². The summed E-state index contributed by atoms with van der Waals surface area (Å²) >= 11 is 0. The molecule has 29 heavy (non-hydrogen) atoms. The van der Waals surface area contributed by atoms with Crippen LogP contribution in [0.4, 0.5) is 0 Å². The van der Waals surface area contributed by atoms with E-state index >= 15 is 0 Å². The molecule has 0 saturated heterocycles. The number of methoxy groups -OCH3 is 1. The maximum atomic E-state index is 12.3. The topological polar surface area (TPSA) is 61.8 Å². The molecule has 0 bridgehead atoms. The van der Waals surface area contributed by atoms with Crippen molar-refractivity contribution in [2.45, 2.75) is 19.6 Å². The number of esters is 1. The maximum Gasteiger partial charge on any atom is 0.313 e. The van der Waals surface area contributed by atoms with E-state index in [1.807, 2.05) is 60.7 Å². The molecule has 0 heterocycles. The molecule has 0 aliphatic rings. The predicted molar refractivity (Wildman–Crippen MR) is 109 cm³/mol. The Bertz CT molecular complexity index is 952. The average molecular weight is 390 g/mol. The van der Waals surface area contributed by atoms with Crippen molar-refractivity contribution >= 4 is 11.8 Å². The van der Waals surface area contributed by atoms with Gasteiger partial charge in [-0.15, -0.1) is 0 Å². The van der Waals surface area contributed by atoms with Gasteiger partial charge >= 0.3 is 5.97 Å². The van der Waals surface area contributed by atoms with Gasteiger partial charge in [-0.2, -0.15) is 0 Å². The van der Waals surface area contributed by atoms with Crippen molar-refractivity contribution in [3.8, 4) is 11.5 Å². The molecule has 3 rings (SSSR count). The van der Waals surface area contributed by atoms with Crippen LogP contribution < -0.4 is 9.47 Å². The van der Waals surface area contributed by atoms with Crippen molar-refractivity contribution in [2.24, 2.45) is 0 Å². The first kappa shape index (κ1) is 20.1. The van der Waals surface area contributed by atoms with Crippen LogP contribution in [0.25, 0.3) is 0 Å². The highest BCUT2D eigenvalue weighted by atomic mass is 16.5. The van der Waals surface area contributed by atoms with Crippen molar-refractivity contribution < 1.29 is 23.8 Å². The third kappa shape index (κ3) is 5.94. The van der Waals surface area contributed by atoms with E-state index in [2.05, 4.69) is 4.74 Å². The Kier molecular flexibility index (Phi) is 7.00. The van der Waals surface area contributed by atoms with Gasteiger partial charge in [0, 0.05) is 5.56 Å². The zero-order valence-corrected chi connectivity index (χ0v) is 16.2. The Morgan fingerprint density at radius 3 is 1.83 bits per heavy atom. The van der Waals surface area contributed by atoms with Gasteiger partial charge in [0.15, 0.2) is 17.3 Å². The Labute approximate surface area is 169 Å². The fraction of sp³-hybridized carbons (Fsp3) is 0.167. The Balaban J connectivity index is 1.79. The first-order valence-corrected chi connectivity index (χ1v) is 9.23. The van der Waals surface area contributed by atoms with E-state index < -0.39 is 5.97 Å². The normalized spacial score (nSPS) is 10.2. The molecule has 5 heteroatoms. The predicted octanol–water partition coefficient (Wildman–Crippen LogP) is 4.59. The molecular weight excluding hydrogens is 368 g/mol. The summed E-state index contributed by atoms with van der Waals surface area (Å²) in [5.41, 5.74) is 2.38. The van der Waals surface area contributed by atoms with Gasteiger partial charge in [0.25, 0.3) is 0 Å². The van der Waals surface area contributed by atoms with Crippen molar-refractivity contribution in [1.82, 2.24) is 0 Å². The van der Waals surface area contributed by atoms with Gasteiger partial charge < -0.3 is 14.2 Å². The van der Waals surface area contributed by atoms with Crippen LogP contribution in [0.2, 0.25) is 0 Å². The number of ketones is 1. The first-order chi connectivity index (χ1) is 14.2. The summed E-state index contributed by atoms with van der Waals surface area (Å²) in [5, 5.41) is 0. The standard InChI is InChI=1S/C24H22O5/c1-27-24(26)15-21(25)20-12-13-22(28-16-18-8-4-2-5-9-18)23(14-20)29-17-19-10-6-3-7-11-19/h2-14H,15-17H2,1H3. The summed E-state index contributed by atoms with van der Waals surface area (Å²) in [6.07, 6.45) is -0.321. The Morgan fingerprint density at radius 1 is 0.724 bits per heavy atom. The van der Waals surface area contributed by atoms with E-state index in [0.29, 0.717) is 30.3 Å². The van der Waals surface area contributed by atoms with E-state index in [4.69, 9.17) is 9.47 Å². The third-order valence-corrected chi connectivity index (χ3v) is 4.27. The second-order valence-corrected chi connectivity index (χ2v) is 6.39. The van der Waals surface area contributed by atoms with Crippen molar-refractivity contribution in [3.63, 3.8) is 0 Å². The third-order valence-electron chi connectivity index (χ3n) is 4.27. The molecular formula is C24H22O5. The van der Waals surface area contributed by atoms with Crippen molar-refractivity contribution in [2.75, 3.05) is 7.11 Å². The summed E-state index contributed by atoms with van der Waals surface area (Å²) in [4.78, 5) is 23.8. The summed E-state index contributed by atoms with van der Waals surface area (Å²) in [5.74, 6) is 0.0575. The number of Topliss-reactive ketones (excluding diaryl/α,β-unsaturated/α-hetero) is 1. The smallest absolute Gasteiger partial charge is 0.313 e. The molecule has 3 aromatic rings. The van der Waals surface area contributed by atoms with E-state index in [1.54, 1.807) is 18.2 Å². The molecule has 0 spiro atoms. The lowest BCUT2D eigenvalue weighted by molar-refractivity contribution is -0.139. The van der Waals surface area contributed by atoms with Crippen LogP contribution in [0, 0.1) is 0 Å². The molecule has 148 valence electrons. The summed E-state index contributed by atoms with van der Waals surface area (Å²) in [6.45, 7) is 0.704.